The number of hydrogen-bond donors (Lipinski definition) is 1. The topological polar surface area (TPSA) is 46.5 Å². The summed E-state index contributed by atoms with van der Waals surface area (Å²) >= 11 is 1.59. The van der Waals surface area contributed by atoms with Crippen LogP contribution in [0.3, 0.4) is 0 Å². The van der Waals surface area contributed by atoms with Crippen LogP contribution < -0.4 is 10.2 Å². The van der Waals surface area contributed by atoms with E-state index >= 15 is 0 Å². The van der Waals surface area contributed by atoms with E-state index in [1.165, 1.54) is 0 Å². The van der Waals surface area contributed by atoms with Gasteiger partial charge in [0.1, 0.15) is 12.4 Å². The summed E-state index contributed by atoms with van der Waals surface area (Å²) in [5, 5.41) is 5.16. The average molecular weight is 462 g/mol. The van der Waals surface area contributed by atoms with E-state index in [0.717, 1.165) is 43.7 Å². The van der Waals surface area contributed by atoms with Crippen molar-refractivity contribution in [2.24, 2.45) is 5.10 Å². The van der Waals surface area contributed by atoms with Gasteiger partial charge in [-0.25, -0.2) is 4.98 Å². The zero-order chi connectivity index (χ0) is 23.0. The van der Waals surface area contributed by atoms with Crippen molar-refractivity contribution < 1.29 is 4.74 Å². The van der Waals surface area contributed by atoms with Gasteiger partial charge < -0.3 is 4.74 Å². The van der Waals surface area contributed by atoms with Gasteiger partial charge in [-0.05, 0) is 41.0 Å². The minimum Gasteiger partial charge on any atom is -0.489 e. The maximum atomic E-state index is 5.85. The van der Waals surface area contributed by atoms with Gasteiger partial charge in [0.25, 0.3) is 0 Å². The lowest BCUT2D eigenvalue weighted by atomic mass is 10.1. The number of aromatic nitrogens is 1. The van der Waals surface area contributed by atoms with Crippen molar-refractivity contribution in [1.29, 1.82) is 0 Å². The summed E-state index contributed by atoms with van der Waals surface area (Å²) in [5.41, 5.74) is 8.40. The lowest BCUT2D eigenvalue weighted by Crippen LogP contribution is -1.95. The molecule has 0 aliphatic carbocycles. The highest BCUT2D eigenvalue weighted by molar-refractivity contribution is 7.19. The van der Waals surface area contributed by atoms with E-state index < -0.39 is 0 Å². The molecule has 34 heavy (non-hydrogen) atoms. The first-order chi connectivity index (χ1) is 16.8. The van der Waals surface area contributed by atoms with Gasteiger partial charge in [-0.1, -0.05) is 102 Å². The van der Waals surface area contributed by atoms with Crippen molar-refractivity contribution in [1.82, 2.24) is 4.98 Å². The molecule has 4 nitrogen and oxygen atoms in total. The number of ether oxygens (including phenoxy) is 1. The van der Waals surface area contributed by atoms with Gasteiger partial charge in [-0.2, -0.15) is 5.10 Å². The predicted molar refractivity (Wildman–Crippen MR) is 141 cm³/mol. The molecule has 166 valence electrons. The Bertz CT molecular complexity index is 1290. The smallest absolute Gasteiger partial charge is 0.204 e. The van der Waals surface area contributed by atoms with Crippen LogP contribution in [0.25, 0.3) is 21.7 Å². The molecule has 1 N–H and O–H groups in total. The first kappa shape index (κ1) is 21.6. The van der Waals surface area contributed by atoms with Gasteiger partial charge in [-0.15, -0.1) is 0 Å². The van der Waals surface area contributed by atoms with Crippen LogP contribution in [0.15, 0.2) is 120 Å². The number of benzene rings is 4. The highest BCUT2D eigenvalue weighted by atomic mass is 32.1. The molecule has 4 aromatic carbocycles. The van der Waals surface area contributed by atoms with Gasteiger partial charge in [-0.3, -0.25) is 5.43 Å². The second-order valence-electron chi connectivity index (χ2n) is 7.64. The number of nitrogens with one attached hydrogen (secondary N) is 1. The Kier molecular flexibility index (Phi) is 6.74. The normalized spacial score (nSPS) is 10.9. The van der Waals surface area contributed by atoms with Crippen molar-refractivity contribution in [3.8, 4) is 27.4 Å². The van der Waals surface area contributed by atoms with Crippen LogP contribution in [0.5, 0.6) is 5.75 Å². The van der Waals surface area contributed by atoms with Crippen LogP contribution in [0, 0.1) is 0 Å². The van der Waals surface area contributed by atoms with Gasteiger partial charge >= 0.3 is 0 Å². The summed E-state index contributed by atoms with van der Waals surface area (Å²) in [6.45, 7) is 0.549. The van der Waals surface area contributed by atoms with Crippen molar-refractivity contribution >= 4 is 22.7 Å². The molecule has 0 unspecified atom stereocenters. The minimum atomic E-state index is 0.549. The summed E-state index contributed by atoms with van der Waals surface area (Å²) in [7, 11) is 0. The molecule has 0 atom stereocenters. The van der Waals surface area contributed by atoms with Crippen LogP contribution in [0.1, 0.15) is 11.1 Å². The molecule has 0 radical (unpaired) electrons. The molecule has 0 spiro atoms. The highest BCUT2D eigenvalue weighted by Gasteiger charge is 2.14. The number of nitrogens with zero attached hydrogens (tertiary/aromatic N) is 2. The van der Waals surface area contributed by atoms with Gasteiger partial charge in [0.2, 0.25) is 5.13 Å². The summed E-state index contributed by atoms with van der Waals surface area (Å²) in [6.07, 6.45) is 1.78. The number of hydrogen-bond acceptors (Lipinski definition) is 5. The summed E-state index contributed by atoms with van der Waals surface area (Å²) < 4.78 is 5.85. The molecular formula is C29H23N3OS. The standard InChI is InChI=1S/C29H23N3OS/c1-4-10-23(11-5-1)21-33-26-18-16-22(17-19-26)20-30-32-29-31-27(24-12-6-2-7-13-24)28(34-29)25-14-8-3-9-15-25/h1-20H,21H2,(H,31,32)/b30-20+. The van der Waals surface area contributed by atoms with Crippen LogP contribution in [0.2, 0.25) is 0 Å². The summed E-state index contributed by atoms with van der Waals surface area (Å²) in [6, 6.07) is 38.6. The zero-order valence-corrected chi connectivity index (χ0v) is 19.3. The molecule has 1 aromatic heterocycles. The quantitative estimate of drug-likeness (QED) is 0.192. The van der Waals surface area contributed by atoms with E-state index in [4.69, 9.17) is 9.72 Å². The third-order valence-corrected chi connectivity index (χ3v) is 6.22. The zero-order valence-electron chi connectivity index (χ0n) is 18.5. The van der Waals surface area contributed by atoms with Crippen LogP contribution in [0.4, 0.5) is 5.13 Å². The molecule has 1 heterocycles. The Morgan fingerprint density at radius 3 is 2.03 bits per heavy atom. The SMILES string of the molecule is C(=N\Nc1nc(-c2ccccc2)c(-c2ccccc2)s1)/c1ccc(OCc2ccccc2)cc1. The van der Waals surface area contributed by atoms with Crippen molar-refractivity contribution in [2.45, 2.75) is 6.61 Å². The fourth-order valence-corrected chi connectivity index (χ4v) is 4.44. The van der Waals surface area contributed by atoms with Crippen molar-refractivity contribution in [3.05, 3.63) is 126 Å². The van der Waals surface area contributed by atoms with Gasteiger partial charge in [0.15, 0.2) is 0 Å². The fourth-order valence-electron chi connectivity index (χ4n) is 3.50. The Labute approximate surface area is 203 Å². The molecular weight excluding hydrogens is 438 g/mol. The number of thiazole rings is 1. The van der Waals surface area contributed by atoms with E-state index in [9.17, 15) is 0 Å². The van der Waals surface area contributed by atoms with Crippen molar-refractivity contribution in [2.75, 3.05) is 5.43 Å². The highest BCUT2D eigenvalue weighted by Crippen LogP contribution is 2.38. The minimum absolute atomic E-state index is 0.549. The molecule has 5 heteroatoms. The lowest BCUT2D eigenvalue weighted by molar-refractivity contribution is 0.306. The first-order valence-electron chi connectivity index (χ1n) is 11.0. The first-order valence-corrected chi connectivity index (χ1v) is 11.8. The van der Waals surface area contributed by atoms with E-state index in [-0.39, 0.29) is 0 Å². The third kappa shape index (κ3) is 5.39. The second-order valence-corrected chi connectivity index (χ2v) is 8.64. The van der Waals surface area contributed by atoms with Crippen LogP contribution >= 0.6 is 11.3 Å². The van der Waals surface area contributed by atoms with Crippen LogP contribution in [-0.2, 0) is 6.61 Å². The number of hydrazone groups is 1. The molecule has 0 bridgehead atoms. The molecule has 0 saturated carbocycles. The van der Waals surface area contributed by atoms with Gasteiger partial charge in [0, 0.05) is 5.56 Å². The second kappa shape index (κ2) is 10.6. The molecule has 5 rings (SSSR count). The summed E-state index contributed by atoms with van der Waals surface area (Å²) in [4.78, 5) is 5.94. The Hall–Kier alpha value is -4.22. The Morgan fingerprint density at radius 1 is 0.735 bits per heavy atom. The number of rotatable bonds is 8. The molecule has 0 amide bonds. The lowest BCUT2D eigenvalue weighted by Gasteiger charge is -2.06. The maximum absolute atomic E-state index is 5.85. The Morgan fingerprint density at radius 2 is 1.35 bits per heavy atom. The van der Waals surface area contributed by atoms with E-state index in [1.807, 2.05) is 78.9 Å². The molecule has 5 aromatic rings. The Balaban J connectivity index is 1.27. The van der Waals surface area contributed by atoms with E-state index in [2.05, 4.69) is 46.9 Å². The van der Waals surface area contributed by atoms with Gasteiger partial charge in [0.05, 0.1) is 16.8 Å². The monoisotopic (exact) mass is 461 g/mol. The fraction of sp³-hybridized carbons (Fsp3) is 0.0345. The van der Waals surface area contributed by atoms with Crippen LogP contribution in [-0.4, -0.2) is 11.2 Å². The largest absolute Gasteiger partial charge is 0.489 e. The van der Waals surface area contributed by atoms with E-state index in [0.29, 0.717) is 6.61 Å². The number of anilines is 1. The van der Waals surface area contributed by atoms with Crippen molar-refractivity contribution in [3.63, 3.8) is 0 Å². The molecule has 0 aliphatic heterocycles. The molecule has 0 aliphatic rings. The average Bonchev–Trinajstić information content (AvgIpc) is 3.34. The molecule has 0 fully saturated rings. The maximum Gasteiger partial charge on any atom is 0.204 e. The van der Waals surface area contributed by atoms with E-state index in [1.54, 1.807) is 17.6 Å². The summed E-state index contributed by atoms with van der Waals surface area (Å²) in [5.74, 6) is 0.828. The predicted octanol–water partition coefficient (Wildman–Crippen LogP) is 7.50. The molecule has 0 saturated heterocycles. The third-order valence-electron chi connectivity index (χ3n) is 5.21.